The zero-order valence-electron chi connectivity index (χ0n) is 13.8. The summed E-state index contributed by atoms with van der Waals surface area (Å²) in [5.74, 6) is -1.74. The van der Waals surface area contributed by atoms with Crippen LogP contribution in [0.4, 0.5) is 24.5 Å². The molecule has 0 aliphatic carbocycles. The maximum absolute atomic E-state index is 12.5. The van der Waals surface area contributed by atoms with Gasteiger partial charge in [0.05, 0.1) is 16.1 Å². The number of nitro groups is 1. The second-order valence-corrected chi connectivity index (χ2v) is 5.42. The number of anilines is 1. The topological polar surface area (TPSA) is 98.5 Å². The largest absolute Gasteiger partial charge is 0.449 e. The van der Waals surface area contributed by atoms with E-state index < -0.39 is 34.6 Å². The summed E-state index contributed by atoms with van der Waals surface area (Å²) in [4.78, 5) is 34.1. The highest BCUT2D eigenvalue weighted by Gasteiger charge is 2.30. The van der Waals surface area contributed by atoms with Gasteiger partial charge in [0.2, 0.25) is 0 Å². The van der Waals surface area contributed by atoms with Crippen LogP contribution >= 0.6 is 0 Å². The van der Waals surface area contributed by atoms with Crippen molar-refractivity contribution in [2.45, 2.75) is 19.2 Å². The predicted molar refractivity (Wildman–Crippen MR) is 88.0 cm³/mol. The van der Waals surface area contributed by atoms with Crippen LogP contribution in [-0.2, 0) is 15.7 Å². The minimum atomic E-state index is -4.53. The van der Waals surface area contributed by atoms with Crippen LogP contribution in [0.2, 0.25) is 0 Å². The predicted octanol–water partition coefficient (Wildman–Crippen LogP) is 3.80. The number of non-ortho nitro benzene ring substituents is 1. The van der Waals surface area contributed by atoms with Gasteiger partial charge in [-0.05, 0) is 37.3 Å². The zero-order valence-corrected chi connectivity index (χ0v) is 13.8. The molecule has 2 aromatic carbocycles. The van der Waals surface area contributed by atoms with Crippen LogP contribution in [-0.4, -0.2) is 22.9 Å². The number of rotatable bonds is 5. The van der Waals surface area contributed by atoms with Gasteiger partial charge in [0.25, 0.3) is 11.6 Å². The van der Waals surface area contributed by atoms with E-state index in [4.69, 9.17) is 4.74 Å². The summed E-state index contributed by atoms with van der Waals surface area (Å²) in [5.41, 5.74) is -1.18. The first-order valence-corrected chi connectivity index (χ1v) is 7.51. The molecule has 0 saturated carbocycles. The van der Waals surface area contributed by atoms with Crippen molar-refractivity contribution < 1.29 is 32.4 Å². The number of alkyl halides is 3. The van der Waals surface area contributed by atoms with Crippen LogP contribution in [0.1, 0.15) is 22.8 Å². The molecule has 0 bridgehead atoms. The summed E-state index contributed by atoms with van der Waals surface area (Å²) in [6.45, 7) is 1.26. The van der Waals surface area contributed by atoms with E-state index in [0.717, 1.165) is 30.3 Å². The van der Waals surface area contributed by atoms with Gasteiger partial charge in [0, 0.05) is 17.8 Å². The molecule has 0 saturated heterocycles. The molecule has 0 fully saturated rings. The van der Waals surface area contributed by atoms with E-state index in [2.05, 4.69) is 5.32 Å². The van der Waals surface area contributed by atoms with Crippen LogP contribution in [0.3, 0.4) is 0 Å². The average Bonchev–Trinajstić information content (AvgIpc) is 2.61. The fraction of sp³-hybridized carbons (Fsp3) is 0.176. The quantitative estimate of drug-likeness (QED) is 0.482. The summed E-state index contributed by atoms with van der Waals surface area (Å²) < 4.78 is 42.4. The SMILES string of the molecule is CC(OC(=O)c1ccc(C(F)(F)F)cc1)C(=O)Nc1cccc([N+](=O)[O-])c1. The Morgan fingerprint density at radius 3 is 2.33 bits per heavy atom. The van der Waals surface area contributed by atoms with Gasteiger partial charge in [0.15, 0.2) is 6.10 Å². The van der Waals surface area contributed by atoms with E-state index in [1.54, 1.807) is 0 Å². The van der Waals surface area contributed by atoms with Crippen LogP contribution in [0.25, 0.3) is 0 Å². The number of hydrogen-bond acceptors (Lipinski definition) is 5. The van der Waals surface area contributed by atoms with Gasteiger partial charge in [-0.25, -0.2) is 4.79 Å². The van der Waals surface area contributed by atoms with E-state index in [-0.39, 0.29) is 16.9 Å². The first-order chi connectivity index (χ1) is 12.6. The lowest BCUT2D eigenvalue weighted by Crippen LogP contribution is -2.30. The Morgan fingerprint density at radius 2 is 1.78 bits per heavy atom. The number of carbonyl (C=O) groups excluding carboxylic acids is 2. The molecule has 0 radical (unpaired) electrons. The Bertz CT molecular complexity index is 866. The molecule has 27 heavy (non-hydrogen) atoms. The fourth-order valence-electron chi connectivity index (χ4n) is 2.02. The third-order valence-electron chi connectivity index (χ3n) is 3.43. The number of halogens is 3. The highest BCUT2D eigenvalue weighted by atomic mass is 19.4. The van der Waals surface area contributed by atoms with Gasteiger partial charge < -0.3 is 10.1 Å². The van der Waals surface area contributed by atoms with E-state index in [0.29, 0.717) is 0 Å². The molecule has 2 aromatic rings. The van der Waals surface area contributed by atoms with Gasteiger partial charge >= 0.3 is 12.1 Å². The molecule has 2 rings (SSSR count). The molecular formula is C17H13F3N2O5. The smallest absolute Gasteiger partial charge is 0.416 e. The Kier molecular flexibility index (Phi) is 5.78. The third kappa shape index (κ3) is 5.27. The second kappa shape index (κ2) is 7.85. The minimum absolute atomic E-state index is 0.131. The van der Waals surface area contributed by atoms with Crippen molar-refractivity contribution >= 4 is 23.3 Å². The molecule has 7 nitrogen and oxygen atoms in total. The average molecular weight is 382 g/mol. The summed E-state index contributed by atoms with van der Waals surface area (Å²) in [5, 5.41) is 13.1. The summed E-state index contributed by atoms with van der Waals surface area (Å²) in [6, 6.07) is 8.48. The lowest BCUT2D eigenvalue weighted by molar-refractivity contribution is -0.384. The number of amides is 1. The zero-order chi connectivity index (χ0) is 20.2. The van der Waals surface area contributed by atoms with Crippen molar-refractivity contribution in [1.82, 2.24) is 0 Å². The van der Waals surface area contributed by atoms with E-state index in [1.165, 1.54) is 25.1 Å². The van der Waals surface area contributed by atoms with Crippen LogP contribution in [0, 0.1) is 10.1 Å². The number of esters is 1. The molecule has 1 atom stereocenters. The molecule has 1 unspecified atom stereocenters. The highest BCUT2D eigenvalue weighted by Crippen LogP contribution is 2.29. The van der Waals surface area contributed by atoms with Gasteiger partial charge in [-0.3, -0.25) is 14.9 Å². The molecule has 0 spiro atoms. The maximum atomic E-state index is 12.5. The summed E-state index contributed by atoms with van der Waals surface area (Å²) >= 11 is 0. The lowest BCUT2D eigenvalue weighted by Gasteiger charge is -2.14. The molecular weight excluding hydrogens is 369 g/mol. The lowest BCUT2D eigenvalue weighted by atomic mass is 10.1. The molecule has 0 aliphatic rings. The van der Waals surface area contributed by atoms with Crippen LogP contribution in [0.5, 0.6) is 0 Å². The number of carbonyl (C=O) groups is 2. The van der Waals surface area contributed by atoms with E-state index in [1.807, 2.05) is 0 Å². The first-order valence-electron chi connectivity index (χ1n) is 7.51. The second-order valence-electron chi connectivity index (χ2n) is 5.42. The minimum Gasteiger partial charge on any atom is -0.449 e. The van der Waals surface area contributed by atoms with E-state index in [9.17, 15) is 32.9 Å². The molecule has 1 amide bonds. The van der Waals surface area contributed by atoms with E-state index >= 15 is 0 Å². The van der Waals surface area contributed by atoms with Crippen LogP contribution in [0.15, 0.2) is 48.5 Å². The van der Waals surface area contributed by atoms with Crippen LogP contribution < -0.4 is 5.32 Å². The highest BCUT2D eigenvalue weighted by molar-refractivity contribution is 5.97. The summed E-state index contributed by atoms with van der Waals surface area (Å²) in [6.07, 6.45) is -5.81. The van der Waals surface area contributed by atoms with Crippen molar-refractivity contribution in [3.05, 3.63) is 69.8 Å². The number of benzene rings is 2. The Balaban J connectivity index is 2.00. The Morgan fingerprint density at radius 1 is 1.15 bits per heavy atom. The van der Waals surface area contributed by atoms with Crippen molar-refractivity contribution in [3.63, 3.8) is 0 Å². The number of hydrogen-bond donors (Lipinski definition) is 1. The Hall–Kier alpha value is -3.43. The molecule has 0 aromatic heterocycles. The maximum Gasteiger partial charge on any atom is 0.416 e. The fourth-order valence-corrected chi connectivity index (χ4v) is 2.02. The molecule has 0 aliphatic heterocycles. The van der Waals surface area contributed by atoms with Crippen molar-refractivity contribution in [3.8, 4) is 0 Å². The third-order valence-corrected chi connectivity index (χ3v) is 3.43. The summed E-state index contributed by atoms with van der Waals surface area (Å²) in [7, 11) is 0. The van der Waals surface area contributed by atoms with Crippen molar-refractivity contribution in [1.29, 1.82) is 0 Å². The van der Waals surface area contributed by atoms with Gasteiger partial charge in [-0.2, -0.15) is 13.2 Å². The monoisotopic (exact) mass is 382 g/mol. The normalized spacial score (nSPS) is 12.1. The van der Waals surface area contributed by atoms with Crippen molar-refractivity contribution in [2.24, 2.45) is 0 Å². The first kappa shape index (κ1) is 19.9. The standard InChI is InChI=1S/C17H13F3N2O5/c1-10(15(23)21-13-3-2-4-14(9-13)22(25)26)27-16(24)11-5-7-12(8-6-11)17(18,19)20/h2-10H,1H3,(H,21,23). The van der Waals surface area contributed by atoms with Gasteiger partial charge in [-0.15, -0.1) is 0 Å². The number of nitrogens with zero attached hydrogens (tertiary/aromatic N) is 1. The molecule has 1 N–H and O–H groups in total. The number of nitrogens with one attached hydrogen (secondary N) is 1. The van der Waals surface area contributed by atoms with Gasteiger partial charge in [0.1, 0.15) is 0 Å². The molecule has 10 heteroatoms. The Labute approximate surface area is 150 Å². The van der Waals surface area contributed by atoms with Gasteiger partial charge in [-0.1, -0.05) is 6.07 Å². The number of nitro benzene ring substituents is 1. The number of ether oxygens (including phenoxy) is 1. The molecule has 0 heterocycles. The van der Waals surface area contributed by atoms with Crippen molar-refractivity contribution in [2.75, 3.05) is 5.32 Å². The molecule has 142 valence electrons.